The Morgan fingerprint density at radius 1 is 1.03 bits per heavy atom. The van der Waals surface area contributed by atoms with Crippen molar-refractivity contribution in [1.29, 1.82) is 0 Å². The van der Waals surface area contributed by atoms with E-state index in [0.717, 1.165) is 58.2 Å². The number of amides is 1. The minimum Gasteiger partial charge on any atom is -0.444 e. The van der Waals surface area contributed by atoms with Gasteiger partial charge in [0.2, 0.25) is 0 Å². The molecule has 178 valence electrons. The molecule has 3 N–H and O–H groups in total. The summed E-state index contributed by atoms with van der Waals surface area (Å²) < 4.78 is 5.23. The lowest BCUT2D eigenvalue weighted by Gasteiger charge is -2.35. The van der Waals surface area contributed by atoms with E-state index in [1.54, 1.807) is 0 Å². The zero-order valence-electron chi connectivity index (χ0n) is 19.9. The topological polar surface area (TPSA) is 81.2 Å². The second kappa shape index (κ2) is 15.9. The second-order valence-corrected chi connectivity index (χ2v) is 8.77. The number of hydrogen-bond donors (Lipinski definition) is 3. The molecule has 1 rings (SSSR count). The lowest BCUT2D eigenvalue weighted by Crippen LogP contribution is -2.47. The predicted molar refractivity (Wildman–Crippen MR) is 136 cm³/mol. The largest absolute Gasteiger partial charge is 0.444 e. The summed E-state index contributed by atoms with van der Waals surface area (Å²) in [6.07, 6.45) is 0.438. The quantitative estimate of drug-likeness (QED) is 0.171. The van der Waals surface area contributed by atoms with Gasteiger partial charge in [0.15, 0.2) is 5.96 Å². The van der Waals surface area contributed by atoms with Crippen molar-refractivity contribution in [3.8, 4) is 0 Å². The summed E-state index contributed by atoms with van der Waals surface area (Å²) in [5, 5.41) is 9.41. The fraction of sp³-hybridized carbons (Fsp3) is 0.905. The number of rotatable bonds is 10. The third kappa shape index (κ3) is 14.2. The predicted octanol–water partition coefficient (Wildman–Crippen LogP) is 2.35. The van der Waals surface area contributed by atoms with Crippen LogP contribution in [0.3, 0.4) is 0 Å². The van der Waals surface area contributed by atoms with Crippen LogP contribution in [0.4, 0.5) is 4.79 Å². The second-order valence-electron chi connectivity index (χ2n) is 8.77. The number of piperazine rings is 1. The summed E-state index contributed by atoms with van der Waals surface area (Å²) in [4.78, 5) is 21.4. The zero-order chi connectivity index (χ0) is 21.7. The number of hydrogen-bond acceptors (Lipinski definition) is 5. The molecule has 1 amide bonds. The van der Waals surface area contributed by atoms with Crippen molar-refractivity contribution >= 4 is 36.0 Å². The Morgan fingerprint density at radius 2 is 1.63 bits per heavy atom. The first kappa shape index (κ1) is 29.2. The molecule has 30 heavy (non-hydrogen) atoms. The molecular formula is C21H45IN6O2. The average Bonchev–Trinajstić information content (AvgIpc) is 2.65. The highest BCUT2D eigenvalue weighted by atomic mass is 127. The third-order valence-electron chi connectivity index (χ3n) is 4.70. The van der Waals surface area contributed by atoms with Crippen LogP contribution >= 0.6 is 24.0 Å². The van der Waals surface area contributed by atoms with E-state index in [0.29, 0.717) is 12.5 Å². The van der Waals surface area contributed by atoms with Crippen LogP contribution in [-0.2, 0) is 4.74 Å². The van der Waals surface area contributed by atoms with Crippen molar-refractivity contribution in [1.82, 2.24) is 25.8 Å². The highest BCUT2D eigenvalue weighted by Gasteiger charge is 2.17. The van der Waals surface area contributed by atoms with Gasteiger partial charge in [-0.3, -0.25) is 4.99 Å². The summed E-state index contributed by atoms with van der Waals surface area (Å²) in [5.41, 5.74) is -0.465. The lowest BCUT2D eigenvalue weighted by atomic mass is 10.1. The minimum atomic E-state index is -0.465. The van der Waals surface area contributed by atoms with E-state index in [9.17, 15) is 4.79 Å². The van der Waals surface area contributed by atoms with Gasteiger partial charge in [-0.05, 0) is 46.6 Å². The van der Waals surface area contributed by atoms with E-state index in [2.05, 4.69) is 46.5 Å². The fourth-order valence-electron chi connectivity index (χ4n) is 3.18. The van der Waals surface area contributed by atoms with Crippen molar-refractivity contribution in [2.45, 2.75) is 53.6 Å². The molecule has 9 heteroatoms. The van der Waals surface area contributed by atoms with Gasteiger partial charge in [-0.2, -0.15) is 0 Å². The SMILES string of the molecule is CCNC(=NCC(C)CN1CCN(CC)CC1)NCCCNC(=O)OC(C)(C)C.I. The number of carbonyl (C=O) groups is 1. The molecule has 0 aliphatic carbocycles. The number of guanidine groups is 1. The van der Waals surface area contributed by atoms with E-state index in [1.165, 1.54) is 13.1 Å². The average molecular weight is 541 g/mol. The van der Waals surface area contributed by atoms with Gasteiger partial charge in [0.25, 0.3) is 0 Å². The van der Waals surface area contributed by atoms with Crippen molar-refractivity contribution in [3.63, 3.8) is 0 Å². The summed E-state index contributed by atoms with van der Waals surface area (Å²) in [6.45, 7) is 22.0. The van der Waals surface area contributed by atoms with Crippen LogP contribution < -0.4 is 16.0 Å². The minimum absolute atomic E-state index is 0. The first-order valence-corrected chi connectivity index (χ1v) is 11.2. The third-order valence-corrected chi connectivity index (χ3v) is 4.70. The zero-order valence-corrected chi connectivity index (χ0v) is 22.3. The van der Waals surface area contributed by atoms with Crippen LogP contribution in [0.25, 0.3) is 0 Å². The Hall–Kier alpha value is -0.810. The van der Waals surface area contributed by atoms with Gasteiger partial charge in [-0.1, -0.05) is 13.8 Å². The van der Waals surface area contributed by atoms with Gasteiger partial charge in [-0.15, -0.1) is 24.0 Å². The summed E-state index contributed by atoms with van der Waals surface area (Å²) in [7, 11) is 0. The molecule has 1 atom stereocenters. The number of nitrogens with zero attached hydrogens (tertiary/aromatic N) is 3. The normalized spacial score (nSPS) is 17.1. The van der Waals surface area contributed by atoms with Crippen molar-refractivity contribution in [3.05, 3.63) is 0 Å². The van der Waals surface area contributed by atoms with E-state index in [1.807, 2.05) is 20.8 Å². The molecule has 0 bridgehead atoms. The van der Waals surface area contributed by atoms with Crippen LogP contribution in [-0.4, -0.2) is 92.9 Å². The standard InChI is InChI=1S/C21H44N6O2.HI/c1-7-22-19(23-10-9-11-24-20(28)29-21(4,5)6)25-16-18(3)17-27-14-12-26(8-2)13-15-27;/h18H,7-17H2,1-6H3,(H,24,28)(H2,22,23,25);1H. The Bertz CT molecular complexity index is 490. The molecule has 0 aromatic rings. The number of nitrogens with one attached hydrogen (secondary N) is 3. The van der Waals surface area contributed by atoms with Gasteiger partial charge in [0.1, 0.15) is 5.60 Å². The molecule has 1 unspecified atom stereocenters. The van der Waals surface area contributed by atoms with Gasteiger partial charge in [0, 0.05) is 58.9 Å². The lowest BCUT2D eigenvalue weighted by molar-refractivity contribution is 0.0527. The highest BCUT2D eigenvalue weighted by Crippen LogP contribution is 2.07. The van der Waals surface area contributed by atoms with Gasteiger partial charge < -0.3 is 30.5 Å². The van der Waals surface area contributed by atoms with Crippen molar-refractivity contribution in [2.24, 2.45) is 10.9 Å². The monoisotopic (exact) mass is 540 g/mol. The first-order valence-electron chi connectivity index (χ1n) is 11.2. The number of carbonyl (C=O) groups excluding carboxylic acids is 1. The summed E-state index contributed by atoms with van der Waals surface area (Å²) in [6, 6.07) is 0. The molecule has 0 spiro atoms. The summed E-state index contributed by atoms with van der Waals surface area (Å²) >= 11 is 0. The molecule has 0 aromatic heterocycles. The molecule has 0 aromatic carbocycles. The Morgan fingerprint density at radius 3 is 2.20 bits per heavy atom. The van der Waals surface area contributed by atoms with Gasteiger partial charge in [0.05, 0.1) is 0 Å². The molecule has 1 aliphatic heterocycles. The van der Waals surface area contributed by atoms with Crippen LogP contribution in [0.15, 0.2) is 4.99 Å². The molecular weight excluding hydrogens is 495 g/mol. The van der Waals surface area contributed by atoms with Crippen LogP contribution in [0.5, 0.6) is 0 Å². The number of ether oxygens (including phenoxy) is 1. The number of likely N-dealkylation sites (N-methyl/N-ethyl adjacent to an activating group) is 1. The van der Waals surface area contributed by atoms with E-state index < -0.39 is 5.60 Å². The first-order chi connectivity index (χ1) is 13.7. The fourth-order valence-corrected chi connectivity index (χ4v) is 3.18. The number of aliphatic imine (C=N–C) groups is 1. The Kier molecular flexibility index (Phi) is 15.5. The molecule has 1 aliphatic rings. The molecule has 1 fully saturated rings. The highest BCUT2D eigenvalue weighted by molar-refractivity contribution is 14.0. The van der Waals surface area contributed by atoms with E-state index in [4.69, 9.17) is 9.73 Å². The molecule has 0 saturated carbocycles. The molecule has 8 nitrogen and oxygen atoms in total. The van der Waals surface area contributed by atoms with Crippen LogP contribution in [0.2, 0.25) is 0 Å². The Labute approximate surface area is 201 Å². The van der Waals surface area contributed by atoms with Gasteiger partial charge >= 0.3 is 6.09 Å². The van der Waals surface area contributed by atoms with Crippen LogP contribution in [0.1, 0.15) is 48.0 Å². The molecule has 1 saturated heterocycles. The molecule has 0 radical (unpaired) electrons. The van der Waals surface area contributed by atoms with Gasteiger partial charge in [-0.25, -0.2) is 4.79 Å². The number of alkyl carbamates (subject to hydrolysis) is 1. The maximum atomic E-state index is 11.6. The number of halogens is 1. The maximum Gasteiger partial charge on any atom is 0.407 e. The van der Waals surface area contributed by atoms with Crippen molar-refractivity contribution in [2.75, 3.05) is 65.4 Å². The van der Waals surface area contributed by atoms with E-state index >= 15 is 0 Å². The van der Waals surface area contributed by atoms with Crippen LogP contribution in [0, 0.1) is 5.92 Å². The molecule has 1 heterocycles. The summed E-state index contributed by atoms with van der Waals surface area (Å²) in [5.74, 6) is 1.36. The smallest absolute Gasteiger partial charge is 0.407 e. The Balaban J connectivity index is 0.00000841. The van der Waals surface area contributed by atoms with E-state index in [-0.39, 0.29) is 30.1 Å². The maximum absolute atomic E-state index is 11.6. The van der Waals surface area contributed by atoms with Crippen molar-refractivity contribution < 1.29 is 9.53 Å².